The van der Waals surface area contributed by atoms with Gasteiger partial charge < -0.3 is 15.3 Å². The maximum Gasteiger partial charge on any atom is 0.0602 e. The maximum absolute atomic E-state index is 9.49. The van der Waals surface area contributed by atoms with E-state index in [1.165, 1.54) is 22.4 Å². The van der Waals surface area contributed by atoms with Gasteiger partial charge in [-0.25, -0.2) is 0 Å². The van der Waals surface area contributed by atoms with E-state index in [2.05, 4.69) is 50.0 Å². The summed E-state index contributed by atoms with van der Waals surface area (Å²) in [6.45, 7) is 10.8. The summed E-state index contributed by atoms with van der Waals surface area (Å²) < 4.78 is 0. The largest absolute Gasteiger partial charge is 0.395 e. The molecule has 1 aromatic rings. The van der Waals surface area contributed by atoms with Crippen molar-refractivity contribution in [2.75, 3.05) is 24.6 Å². The molecule has 2 unspecified atom stereocenters. The monoisotopic (exact) mass is 262 g/mol. The number of nitrogens with zero attached hydrogens (tertiary/aromatic N) is 1. The van der Waals surface area contributed by atoms with Crippen molar-refractivity contribution in [3.63, 3.8) is 0 Å². The third kappa shape index (κ3) is 3.28. The fourth-order valence-electron chi connectivity index (χ4n) is 3.23. The molecule has 0 spiro atoms. The van der Waals surface area contributed by atoms with Gasteiger partial charge in [0.1, 0.15) is 0 Å². The second-order valence-corrected chi connectivity index (χ2v) is 5.93. The van der Waals surface area contributed by atoms with Crippen LogP contribution in [0.25, 0.3) is 0 Å². The Morgan fingerprint density at radius 2 is 1.89 bits per heavy atom. The van der Waals surface area contributed by atoms with Crippen LogP contribution in [-0.4, -0.2) is 36.9 Å². The molecule has 3 heteroatoms. The van der Waals surface area contributed by atoms with Crippen molar-refractivity contribution >= 4 is 5.69 Å². The van der Waals surface area contributed by atoms with E-state index in [-0.39, 0.29) is 12.6 Å². The van der Waals surface area contributed by atoms with Crippen LogP contribution in [-0.2, 0) is 0 Å². The Balaban J connectivity index is 2.30. The first-order valence-electron chi connectivity index (χ1n) is 7.21. The van der Waals surface area contributed by atoms with Gasteiger partial charge in [0, 0.05) is 30.9 Å². The van der Waals surface area contributed by atoms with Crippen LogP contribution >= 0.6 is 0 Å². The molecule has 2 atom stereocenters. The van der Waals surface area contributed by atoms with E-state index in [0.717, 1.165) is 19.5 Å². The molecule has 1 aliphatic rings. The summed E-state index contributed by atoms with van der Waals surface area (Å²) in [5, 5.41) is 13.0. The van der Waals surface area contributed by atoms with E-state index in [1.807, 2.05) is 0 Å². The first kappa shape index (κ1) is 14.4. The molecule has 1 saturated heterocycles. The van der Waals surface area contributed by atoms with Crippen LogP contribution < -0.4 is 10.2 Å². The number of rotatable bonds is 2. The Kier molecular flexibility index (Phi) is 4.48. The Morgan fingerprint density at radius 3 is 2.47 bits per heavy atom. The molecule has 0 radical (unpaired) electrons. The lowest BCUT2D eigenvalue weighted by Gasteiger charge is -2.29. The summed E-state index contributed by atoms with van der Waals surface area (Å²) in [5.74, 6) is 0. The molecule has 3 nitrogen and oxygen atoms in total. The maximum atomic E-state index is 9.49. The average Bonchev–Trinajstić information content (AvgIpc) is 2.50. The molecule has 0 aromatic heterocycles. The van der Waals surface area contributed by atoms with Crippen molar-refractivity contribution in [1.29, 1.82) is 0 Å². The lowest BCUT2D eigenvalue weighted by atomic mass is 10.0. The number of benzene rings is 1. The van der Waals surface area contributed by atoms with E-state index < -0.39 is 0 Å². The molecular formula is C16H26N2O. The second-order valence-electron chi connectivity index (χ2n) is 5.93. The number of nitrogens with one attached hydrogen (secondary N) is 1. The summed E-state index contributed by atoms with van der Waals surface area (Å²) in [6, 6.07) is 5.13. The SMILES string of the molecule is Cc1cc(C)c(N2CCC(C)NC(CO)C2)c(C)c1. The van der Waals surface area contributed by atoms with Crippen LogP contribution in [0.3, 0.4) is 0 Å². The minimum atomic E-state index is 0.164. The van der Waals surface area contributed by atoms with E-state index in [9.17, 15) is 5.11 Å². The smallest absolute Gasteiger partial charge is 0.0602 e. The van der Waals surface area contributed by atoms with Gasteiger partial charge >= 0.3 is 0 Å². The molecule has 2 rings (SSSR count). The van der Waals surface area contributed by atoms with Crippen molar-refractivity contribution < 1.29 is 5.11 Å². The molecule has 2 N–H and O–H groups in total. The van der Waals surface area contributed by atoms with Gasteiger partial charge in [-0.15, -0.1) is 0 Å². The predicted molar refractivity (Wildman–Crippen MR) is 81.0 cm³/mol. The number of hydrogen-bond donors (Lipinski definition) is 2. The van der Waals surface area contributed by atoms with Crippen LogP contribution in [0.5, 0.6) is 0 Å². The third-order valence-corrected chi connectivity index (χ3v) is 3.97. The van der Waals surface area contributed by atoms with E-state index in [0.29, 0.717) is 6.04 Å². The van der Waals surface area contributed by atoms with Gasteiger partial charge in [0.25, 0.3) is 0 Å². The van der Waals surface area contributed by atoms with E-state index >= 15 is 0 Å². The average molecular weight is 262 g/mol. The topological polar surface area (TPSA) is 35.5 Å². The van der Waals surface area contributed by atoms with Gasteiger partial charge in [-0.2, -0.15) is 0 Å². The number of anilines is 1. The lowest BCUT2D eigenvalue weighted by molar-refractivity contribution is 0.240. The van der Waals surface area contributed by atoms with Crippen molar-refractivity contribution in [2.45, 2.75) is 46.2 Å². The minimum Gasteiger partial charge on any atom is -0.395 e. The van der Waals surface area contributed by atoms with Gasteiger partial charge in [-0.1, -0.05) is 17.7 Å². The summed E-state index contributed by atoms with van der Waals surface area (Å²) in [6.07, 6.45) is 1.11. The summed E-state index contributed by atoms with van der Waals surface area (Å²) in [4.78, 5) is 2.43. The fraction of sp³-hybridized carbons (Fsp3) is 0.625. The quantitative estimate of drug-likeness (QED) is 0.857. The normalized spacial score (nSPS) is 24.4. The summed E-state index contributed by atoms with van der Waals surface area (Å²) in [7, 11) is 0. The number of aryl methyl sites for hydroxylation is 3. The molecule has 1 aromatic carbocycles. The highest BCUT2D eigenvalue weighted by Crippen LogP contribution is 2.27. The molecule has 1 fully saturated rings. The molecule has 1 aliphatic heterocycles. The Labute approximate surface area is 116 Å². The van der Waals surface area contributed by atoms with Gasteiger partial charge in [0.2, 0.25) is 0 Å². The fourth-order valence-corrected chi connectivity index (χ4v) is 3.23. The molecule has 0 aliphatic carbocycles. The molecular weight excluding hydrogens is 236 g/mol. The first-order chi connectivity index (χ1) is 9.01. The summed E-state index contributed by atoms with van der Waals surface area (Å²) >= 11 is 0. The number of aliphatic hydroxyl groups excluding tert-OH is 1. The Hall–Kier alpha value is -1.06. The van der Waals surface area contributed by atoms with E-state index in [1.54, 1.807) is 0 Å². The number of hydrogen-bond acceptors (Lipinski definition) is 3. The standard InChI is InChI=1S/C16H26N2O/c1-11-7-12(2)16(13(3)8-11)18-6-5-14(4)17-15(9-18)10-19/h7-8,14-15,17,19H,5-6,9-10H2,1-4H3. The number of aliphatic hydroxyl groups is 1. The molecule has 0 saturated carbocycles. The van der Waals surface area contributed by atoms with Crippen molar-refractivity contribution in [1.82, 2.24) is 5.32 Å². The molecule has 19 heavy (non-hydrogen) atoms. The zero-order valence-corrected chi connectivity index (χ0v) is 12.5. The zero-order valence-electron chi connectivity index (χ0n) is 12.5. The van der Waals surface area contributed by atoms with Crippen molar-refractivity contribution in [3.05, 3.63) is 28.8 Å². The highest BCUT2D eigenvalue weighted by atomic mass is 16.3. The van der Waals surface area contributed by atoms with Crippen molar-refractivity contribution in [2.24, 2.45) is 0 Å². The van der Waals surface area contributed by atoms with Gasteiger partial charge in [-0.3, -0.25) is 0 Å². The predicted octanol–water partition coefficient (Wildman–Crippen LogP) is 2.16. The highest BCUT2D eigenvalue weighted by Gasteiger charge is 2.22. The van der Waals surface area contributed by atoms with Crippen LogP contribution in [0.4, 0.5) is 5.69 Å². The van der Waals surface area contributed by atoms with Crippen molar-refractivity contribution in [3.8, 4) is 0 Å². The second kappa shape index (κ2) is 5.93. The van der Waals surface area contributed by atoms with Gasteiger partial charge in [-0.05, 0) is 45.2 Å². The van der Waals surface area contributed by atoms with Crippen LogP contribution in [0.15, 0.2) is 12.1 Å². The van der Waals surface area contributed by atoms with Crippen LogP contribution in [0.2, 0.25) is 0 Å². The molecule has 0 amide bonds. The first-order valence-corrected chi connectivity index (χ1v) is 7.21. The molecule has 1 heterocycles. The Morgan fingerprint density at radius 1 is 1.26 bits per heavy atom. The molecule has 0 bridgehead atoms. The summed E-state index contributed by atoms with van der Waals surface area (Å²) in [5.41, 5.74) is 5.34. The van der Waals surface area contributed by atoms with E-state index in [4.69, 9.17) is 0 Å². The van der Waals surface area contributed by atoms with Gasteiger partial charge in [0.05, 0.1) is 6.61 Å². The third-order valence-electron chi connectivity index (χ3n) is 3.97. The van der Waals surface area contributed by atoms with Gasteiger partial charge in [0.15, 0.2) is 0 Å². The Bertz CT molecular complexity index is 421. The highest BCUT2D eigenvalue weighted by molar-refractivity contribution is 5.60. The minimum absolute atomic E-state index is 0.164. The lowest BCUT2D eigenvalue weighted by Crippen LogP contribution is -2.43. The van der Waals surface area contributed by atoms with Crippen LogP contribution in [0.1, 0.15) is 30.0 Å². The zero-order chi connectivity index (χ0) is 14.0. The molecule has 106 valence electrons. The van der Waals surface area contributed by atoms with Crippen LogP contribution in [0, 0.1) is 20.8 Å².